The number of anilines is 2. The average molecular weight is 407 g/mol. The minimum absolute atomic E-state index is 0.0559. The number of rotatable bonds is 6. The maximum Gasteiger partial charge on any atom is 0.310 e. The van der Waals surface area contributed by atoms with Gasteiger partial charge in [0, 0.05) is 12.2 Å². The molecule has 0 saturated carbocycles. The summed E-state index contributed by atoms with van der Waals surface area (Å²) in [5, 5.41) is 8.74. The lowest BCUT2D eigenvalue weighted by Crippen LogP contribution is -2.40. The lowest BCUT2D eigenvalue weighted by molar-refractivity contribution is -0.150. The van der Waals surface area contributed by atoms with E-state index in [1.54, 1.807) is 0 Å². The van der Waals surface area contributed by atoms with E-state index in [4.69, 9.17) is 17.0 Å². The second-order valence-corrected chi connectivity index (χ2v) is 8.53. The number of likely N-dealkylation sites (tertiary alicyclic amines) is 1. The molecule has 0 bridgehead atoms. The number of ether oxygens (including phenoxy) is 1. The number of benzene rings is 1. The normalized spacial score (nSPS) is 17.7. The van der Waals surface area contributed by atoms with Crippen molar-refractivity contribution in [3.05, 3.63) is 33.3 Å². The number of carbonyl (C=O) groups is 1. The predicted octanol–water partition coefficient (Wildman–Crippen LogP) is 4.27. The summed E-state index contributed by atoms with van der Waals surface area (Å²) in [4.78, 5) is 14.2. The monoisotopic (exact) mass is 406 g/mol. The molecule has 3 rings (SSSR count). The Bertz CT molecular complexity index is 862. The molecular formula is C19H26N4O2S2. The molecular weight excluding hydrogens is 380 g/mol. The molecule has 0 aliphatic carbocycles. The van der Waals surface area contributed by atoms with Crippen molar-refractivity contribution >= 4 is 40.3 Å². The predicted molar refractivity (Wildman–Crippen MR) is 111 cm³/mol. The van der Waals surface area contributed by atoms with Gasteiger partial charge in [-0.1, -0.05) is 17.4 Å². The number of carbonyl (C=O) groups excluding carboxylic acids is 1. The summed E-state index contributed by atoms with van der Waals surface area (Å²) >= 11 is 6.95. The maximum atomic E-state index is 12.0. The van der Waals surface area contributed by atoms with Gasteiger partial charge in [-0.15, -0.1) is 5.10 Å². The first-order valence-corrected chi connectivity index (χ1v) is 10.5. The number of piperidine rings is 1. The molecule has 0 spiro atoms. The highest BCUT2D eigenvalue weighted by Gasteiger charge is 2.27. The van der Waals surface area contributed by atoms with Crippen LogP contribution < -0.4 is 5.32 Å². The van der Waals surface area contributed by atoms with Crippen LogP contribution in [-0.2, 0) is 16.2 Å². The summed E-state index contributed by atoms with van der Waals surface area (Å²) in [6.07, 6.45) is 1.87. The Hall–Kier alpha value is -1.77. The van der Waals surface area contributed by atoms with E-state index >= 15 is 0 Å². The topological polar surface area (TPSA) is 59.4 Å². The summed E-state index contributed by atoms with van der Waals surface area (Å²) in [5.41, 5.74) is 3.51. The molecule has 0 amide bonds. The molecule has 6 nitrogen and oxygen atoms in total. The van der Waals surface area contributed by atoms with Crippen LogP contribution in [0.1, 0.15) is 30.9 Å². The number of nitrogens with one attached hydrogen (secondary N) is 1. The van der Waals surface area contributed by atoms with E-state index in [1.807, 2.05) is 17.7 Å². The zero-order chi connectivity index (χ0) is 19.4. The third kappa shape index (κ3) is 5.15. The van der Waals surface area contributed by atoms with Gasteiger partial charge >= 0.3 is 5.97 Å². The fourth-order valence-corrected chi connectivity index (χ4v) is 4.23. The Morgan fingerprint density at radius 1 is 1.41 bits per heavy atom. The van der Waals surface area contributed by atoms with Crippen LogP contribution in [0, 0.1) is 23.7 Å². The largest absolute Gasteiger partial charge is 0.466 e. The molecule has 146 valence electrons. The first-order chi connectivity index (χ1) is 13.0. The van der Waals surface area contributed by atoms with Crippen molar-refractivity contribution in [1.82, 2.24) is 14.7 Å². The molecule has 2 aromatic rings. The first-order valence-electron chi connectivity index (χ1n) is 9.27. The Balaban J connectivity index is 1.65. The lowest BCUT2D eigenvalue weighted by Gasteiger charge is -2.31. The van der Waals surface area contributed by atoms with E-state index in [0.29, 0.717) is 19.8 Å². The van der Waals surface area contributed by atoms with E-state index in [2.05, 4.69) is 41.3 Å². The Morgan fingerprint density at radius 3 is 2.96 bits per heavy atom. The highest BCUT2D eigenvalue weighted by molar-refractivity contribution is 7.73. The minimum Gasteiger partial charge on any atom is -0.466 e. The van der Waals surface area contributed by atoms with Crippen molar-refractivity contribution in [3.63, 3.8) is 0 Å². The molecule has 8 heteroatoms. The van der Waals surface area contributed by atoms with Crippen molar-refractivity contribution in [2.24, 2.45) is 5.92 Å². The smallest absolute Gasteiger partial charge is 0.310 e. The van der Waals surface area contributed by atoms with E-state index in [9.17, 15) is 4.79 Å². The van der Waals surface area contributed by atoms with Crippen LogP contribution in [0.3, 0.4) is 0 Å². The molecule has 1 aliphatic rings. The van der Waals surface area contributed by atoms with Gasteiger partial charge in [-0.2, -0.15) is 0 Å². The van der Waals surface area contributed by atoms with Gasteiger partial charge in [-0.05, 0) is 75.6 Å². The van der Waals surface area contributed by atoms with Gasteiger partial charge in [-0.3, -0.25) is 9.69 Å². The van der Waals surface area contributed by atoms with Gasteiger partial charge < -0.3 is 10.1 Å². The fraction of sp³-hybridized carbons (Fsp3) is 0.526. The van der Waals surface area contributed by atoms with Crippen LogP contribution in [0.15, 0.2) is 18.2 Å². The van der Waals surface area contributed by atoms with Crippen molar-refractivity contribution in [1.29, 1.82) is 0 Å². The number of hydrogen-bond donors (Lipinski definition) is 1. The molecule has 1 aromatic carbocycles. The minimum atomic E-state index is -0.0961. The average Bonchev–Trinajstić information content (AvgIpc) is 2.97. The Morgan fingerprint density at radius 2 is 2.22 bits per heavy atom. The number of aryl methyl sites for hydroxylation is 2. The molecule has 2 heterocycles. The highest BCUT2D eigenvalue weighted by atomic mass is 32.1. The molecule has 0 unspecified atom stereocenters. The number of hydrogen-bond acceptors (Lipinski definition) is 7. The number of aromatic nitrogens is 2. The van der Waals surface area contributed by atoms with Crippen LogP contribution >= 0.6 is 23.6 Å². The quantitative estimate of drug-likeness (QED) is 0.571. The summed E-state index contributed by atoms with van der Waals surface area (Å²) in [5.74, 6) is -0.152. The molecule has 1 saturated heterocycles. The number of nitrogens with zero attached hydrogens (tertiary/aromatic N) is 3. The van der Waals surface area contributed by atoms with Gasteiger partial charge in [0.2, 0.25) is 5.13 Å². The second-order valence-electron chi connectivity index (χ2n) is 6.91. The SMILES string of the molecule is CCOC(=O)[C@H]1CCCN(Cn2nc(Nc3ccc(C)c(C)c3)sc2=S)C1. The maximum absolute atomic E-state index is 12.0. The third-order valence-corrected chi connectivity index (χ3v) is 6.05. The molecule has 1 N–H and O–H groups in total. The molecule has 1 aliphatic heterocycles. The van der Waals surface area contributed by atoms with Crippen molar-refractivity contribution < 1.29 is 9.53 Å². The first kappa shape index (κ1) is 20.0. The lowest BCUT2D eigenvalue weighted by atomic mass is 9.99. The van der Waals surface area contributed by atoms with Crippen LogP contribution in [-0.4, -0.2) is 40.3 Å². The molecule has 1 aromatic heterocycles. The van der Waals surface area contributed by atoms with Crippen molar-refractivity contribution in [2.75, 3.05) is 25.0 Å². The summed E-state index contributed by atoms with van der Waals surface area (Å²) in [6, 6.07) is 6.25. The summed E-state index contributed by atoms with van der Waals surface area (Å²) in [7, 11) is 0. The standard InChI is InChI=1S/C19H26N4O2S2/c1-4-25-17(24)15-6-5-9-22(11-15)12-23-19(26)27-18(21-23)20-16-8-7-13(2)14(3)10-16/h7-8,10,15H,4-6,9,11-12H2,1-3H3,(H,20,21)/t15-/m0/s1. The van der Waals surface area contributed by atoms with Crippen LogP contribution in [0.5, 0.6) is 0 Å². The zero-order valence-electron chi connectivity index (χ0n) is 16.0. The van der Waals surface area contributed by atoms with Crippen molar-refractivity contribution in [2.45, 2.75) is 40.3 Å². The van der Waals surface area contributed by atoms with Crippen LogP contribution in [0.2, 0.25) is 0 Å². The van der Waals surface area contributed by atoms with Crippen LogP contribution in [0.4, 0.5) is 10.8 Å². The van der Waals surface area contributed by atoms with E-state index in [-0.39, 0.29) is 11.9 Å². The molecule has 0 radical (unpaired) electrons. The zero-order valence-corrected chi connectivity index (χ0v) is 17.7. The molecule has 1 fully saturated rings. The summed E-state index contributed by atoms with van der Waals surface area (Å²) in [6.45, 7) is 8.70. The number of esters is 1. The van der Waals surface area contributed by atoms with E-state index in [1.165, 1.54) is 22.5 Å². The van der Waals surface area contributed by atoms with Crippen molar-refractivity contribution in [3.8, 4) is 0 Å². The van der Waals surface area contributed by atoms with E-state index in [0.717, 1.165) is 34.2 Å². The Kier molecular flexibility index (Phi) is 6.62. The van der Waals surface area contributed by atoms with Gasteiger partial charge in [0.1, 0.15) is 0 Å². The van der Waals surface area contributed by atoms with Gasteiger partial charge in [0.25, 0.3) is 0 Å². The summed E-state index contributed by atoms with van der Waals surface area (Å²) < 4.78 is 7.73. The van der Waals surface area contributed by atoms with Gasteiger partial charge in [0.15, 0.2) is 3.95 Å². The fourth-order valence-electron chi connectivity index (χ4n) is 3.21. The van der Waals surface area contributed by atoms with Gasteiger partial charge in [0.05, 0.1) is 19.2 Å². The Labute approximate surface area is 169 Å². The molecule has 27 heavy (non-hydrogen) atoms. The third-order valence-electron chi connectivity index (χ3n) is 4.82. The second kappa shape index (κ2) is 8.95. The van der Waals surface area contributed by atoms with Gasteiger partial charge in [-0.25, -0.2) is 4.68 Å². The molecule has 1 atom stereocenters. The van der Waals surface area contributed by atoms with E-state index < -0.39 is 0 Å². The highest BCUT2D eigenvalue weighted by Crippen LogP contribution is 2.23. The van der Waals surface area contributed by atoms with Crippen LogP contribution in [0.25, 0.3) is 0 Å².